The van der Waals surface area contributed by atoms with E-state index in [1.165, 1.54) is 11.8 Å². The van der Waals surface area contributed by atoms with Crippen molar-refractivity contribution in [3.63, 3.8) is 0 Å². The minimum absolute atomic E-state index is 0.0719. The Bertz CT molecular complexity index is 1030. The van der Waals surface area contributed by atoms with Crippen LogP contribution in [0.15, 0.2) is 46.8 Å². The first-order chi connectivity index (χ1) is 14.7. The van der Waals surface area contributed by atoms with Gasteiger partial charge in [-0.2, -0.15) is 0 Å². The minimum Gasteiger partial charge on any atom is -0.466 e. The fourth-order valence-electron chi connectivity index (χ4n) is 3.52. The summed E-state index contributed by atoms with van der Waals surface area (Å²) in [5, 5.41) is 3.78. The Kier molecular flexibility index (Phi) is 6.64. The molecule has 0 atom stereocenters. The lowest BCUT2D eigenvalue weighted by molar-refractivity contribution is -0.151. The van der Waals surface area contributed by atoms with Gasteiger partial charge in [0.15, 0.2) is 5.82 Å². The van der Waals surface area contributed by atoms with Crippen LogP contribution in [0.5, 0.6) is 0 Å². The van der Waals surface area contributed by atoms with Crippen molar-refractivity contribution in [2.45, 2.75) is 24.8 Å². The van der Waals surface area contributed by atoms with Crippen LogP contribution in [-0.4, -0.2) is 52.2 Å². The molecule has 1 aliphatic rings. The molecule has 6 nitrogen and oxygen atoms in total. The maximum absolute atomic E-state index is 12.8. The smallest absolute Gasteiger partial charge is 0.309 e. The second-order valence-electron chi connectivity index (χ2n) is 7.04. The van der Waals surface area contributed by atoms with E-state index in [-0.39, 0.29) is 17.8 Å². The quantitative estimate of drug-likeness (QED) is 0.323. The van der Waals surface area contributed by atoms with Crippen molar-refractivity contribution in [3.05, 3.63) is 41.8 Å². The van der Waals surface area contributed by atoms with Gasteiger partial charge in [-0.1, -0.05) is 36.0 Å². The molecule has 1 aromatic carbocycles. The lowest BCUT2D eigenvalue weighted by Crippen LogP contribution is -2.41. The van der Waals surface area contributed by atoms with Gasteiger partial charge >= 0.3 is 5.97 Å². The molecule has 30 heavy (non-hydrogen) atoms. The number of hydrogen-bond donors (Lipinski definition) is 0. The van der Waals surface area contributed by atoms with Crippen molar-refractivity contribution in [1.29, 1.82) is 0 Å². The van der Waals surface area contributed by atoms with E-state index in [4.69, 9.17) is 9.72 Å². The van der Waals surface area contributed by atoms with E-state index in [9.17, 15) is 9.59 Å². The van der Waals surface area contributed by atoms with Crippen molar-refractivity contribution in [2.24, 2.45) is 5.92 Å². The summed E-state index contributed by atoms with van der Waals surface area (Å²) >= 11 is 3.05. The molecule has 1 saturated heterocycles. The predicted molar refractivity (Wildman–Crippen MR) is 120 cm³/mol. The molecule has 0 bridgehead atoms. The van der Waals surface area contributed by atoms with Gasteiger partial charge in [0.25, 0.3) is 0 Å². The number of rotatable bonds is 6. The number of carbonyl (C=O) groups is 2. The molecule has 1 fully saturated rings. The molecule has 1 aliphatic heterocycles. The zero-order chi connectivity index (χ0) is 20.9. The Morgan fingerprint density at radius 1 is 1.17 bits per heavy atom. The monoisotopic (exact) mass is 441 g/mol. The van der Waals surface area contributed by atoms with Crippen LogP contribution >= 0.6 is 23.1 Å². The highest BCUT2D eigenvalue weighted by molar-refractivity contribution is 8.00. The number of esters is 1. The molecule has 4 rings (SSSR count). The number of piperidine rings is 1. The molecule has 0 radical (unpaired) electrons. The fraction of sp³-hybridized carbons (Fsp3) is 0.364. The number of carbonyl (C=O) groups excluding carboxylic acids is 2. The number of thiophene rings is 1. The number of aromatic nitrogens is 2. The van der Waals surface area contributed by atoms with Gasteiger partial charge in [-0.3, -0.25) is 9.59 Å². The molecule has 3 aromatic rings. The number of fused-ring (bicyclic) bond motifs is 1. The average Bonchev–Trinajstić information content (AvgIpc) is 3.32. The van der Waals surface area contributed by atoms with Crippen LogP contribution in [0.4, 0.5) is 0 Å². The largest absolute Gasteiger partial charge is 0.466 e. The summed E-state index contributed by atoms with van der Waals surface area (Å²) in [4.78, 5) is 36.9. The minimum atomic E-state index is -0.146. The Labute approximate surface area is 183 Å². The second kappa shape index (κ2) is 9.57. The van der Waals surface area contributed by atoms with Gasteiger partial charge in [-0.05, 0) is 37.3 Å². The predicted octanol–water partition coefficient (Wildman–Crippen LogP) is 4.25. The standard InChI is InChI=1S/C22H23N3O3S2/c1-2-28-22(27)15-9-11-25(12-10-15)19(26)14-30-21-16-6-3-4-7-17(16)23-20(24-21)18-8-5-13-29-18/h3-8,13,15H,2,9-12,14H2,1H3. The highest BCUT2D eigenvalue weighted by Crippen LogP contribution is 2.30. The number of hydrogen-bond acceptors (Lipinski definition) is 7. The van der Waals surface area contributed by atoms with Crippen molar-refractivity contribution < 1.29 is 14.3 Å². The Balaban J connectivity index is 1.44. The first-order valence-electron chi connectivity index (χ1n) is 10.0. The first-order valence-corrected chi connectivity index (χ1v) is 11.9. The van der Waals surface area contributed by atoms with E-state index in [2.05, 4.69) is 4.98 Å². The fourth-order valence-corrected chi connectivity index (χ4v) is 5.10. The number of para-hydroxylation sites is 1. The number of nitrogens with zero attached hydrogens (tertiary/aromatic N) is 3. The lowest BCUT2D eigenvalue weighted by atomic mass is 9.97. The number of benzene rings is 1. The van der Waals surface area contributed by atoms with Crippen LogP contribution in [0.1, 0.15) is 19.8 Å². The molecule has 0 aliphatic carbocycles. The molecule has 0 saturated carbocycles. The van der Waals surface area contributed by atoms with Crippen LogP contribution in [-0.2, 0) is 14.3 Å². The number of likely N-dealkylation sites (tertiary alicyclic amines) is 1. The van der Waals surface area contributed by atoms with Crippen molar-refractivity contribution >= 4 is 45.9 Å². The molecule has 8 heteroatoms. The summed E-state index contributed by atoms with van der Waals surface area (Å²) in [7, 11) is 0. The van der Waals surface area contributed by atoms with Gasteiger partial charge in [0.05, 0.1) is 28.7 Å². The second-order valence-corrected chi connectivity index (χ2v) is 8.95. The third kappa shape index (κ3) is 4.65. The van der Waals surface area contributed by atoms with E-state index in [0.29, 0.717) is 44.1 Å². The van der Waals surface area contributed by atoms with Crippen molar-refractivity contribution in [3.8, 4) is 10.7 Å². The highest BCUT2D eigenvalue weighted by atomic mass is 32.2. The van der Waals surface area contributed by atoms with Gasteiger partial charge in [-0.25, -0.2) is 9.97 Å². The Morgan fingerprint density at radius 3 is 2.70 bits per heavy atom. The van der Waals surface area contributed by atoms with Crippen LogP contribution in [0.25, 0.3) is 21.6 Å². The average molecular weight is 442 g/mol. The molecule has 156 valence electrons. The van der Waals surface area contributed by atoms with E-state index in [1.54, 1.807) is 11.3 Å². The maximum Gasteiger partial charge on any atom is 0.309 e. The summed E-state index contributed by atoms with van der Waals surface area (Å²) in [6.45, 7) is 3.39. The molecular weight excluding hydrogens is 418 g/mol. The van der Waals surface area contributed by atoms with Crippen molar-refractivity contribution in [1.82, 2.24) is 14.9 Å². The molecule has 2 aromatic heterocycles. The molecule has 3 heterocycles. The molecule has 1 amide bonds. The number of thioether (sulfide) groups is 1. The Hall–Kier alpha value is -2.45. The SMILES string of the molecule is CCOC(=O)C1CCN(C(=O)CSc2nc(-c3cccs3)nc3ccccc23)CC1. The van der Waals surface area contributed by atoms with E-state index in [1.807, 2.05) is 53.6 Å². The summed E-state index contributed by atoms with van der Waals surface area (Å²) < 4.78 is 5.11. The third-order valence-corrected chi connectivity index (χ3v) is 6.95. The van der Waals surface area contributed by atoms with Gasteiger partial charge in [0.1, 0.15) is 5.03 Å². The summed E-state index contributed by atoms with van der Waals surface area (Å²) in [6, 6.07) is 11.9. The summed E-state index contributed by atoms with van der Waals surface area (Å²) in [5.74, 6) is 0.833. The normalized spacial score (nSPS) is 14.8. The van der Waals surface area contributed by atoms with Gasteiger partial charge < -0.3 is 9.64 Å². The number of amides is 1. The van der Waals surface area contributed by atoms with Crippen LogP contribution in [0.3, 0.4) is 0 Å². The van der Waals surface area contributed by atoms with E-state index in [0.717, 1.165) is 20.8 Å². The van der Waals surface area contributed by atoms with Crippen molar-refractivity contribution in [2.75, 3.05) is 25.4 Å². The highest BCUT2D eigenvalue weighted by Gasteiger charge is 2.28. The lowest BCUT2D eigenvalue weighted by Gasteiger charge is -2.30. The van der Waals surface area contributed by atoms with E-state index >= 15 is 0 Å². The number of ether oxygens (including phenoxy) is 1. The van der Waals surface area contributed by atoms with Crippen LogP contribution < -0.4 is 0 Å². The molecule has 0 unspecified atom stereocenters. The molecule has 0 spiro atoms. The van der Waals surface area contributed by atoms with Crippen LogP contribution in [0, 0.1) is 5.92 Å². The zero-order valence-electron chi connectivity index (χ0n) is 16.7. The molecular formula is C22H23N3O3S2. The topological polar surface area (TPSA) is 72.4 Å². The molecule has 0 N–H and O–H groups in total. The maximum atomic E-state index is 12.8. The van der Waals surface area contributed by atoms with Crippen LogP contribution in [0.2, 0.25) is 0 Å². The van der Waals surface area contributed by atoms with E-state index < -0.39 is 0 Å². The van der Waals surface area contributed by atoms with Gasteiger partial charge in [-0.15, -0.1) is 11.3 Å². The summed E-state index contributed by atoms with van der Waals surface area (Å²) in [5.41, 5.74) is 0.876. The van der Waals surface area contributed by atoms with Gasteiger partial charge in [0.2, 0.25) is 5.91 Å². The summed E-state index contributed by atoms with van der Waals surface area (Å²) in [6.07, 6.45) is 1.32. The Morgan fingerprint density at radius 2 is 1.97 bits per heavy atom. The zero-order valence-corrected chi connectivity index (χ0v) is 18.4. The first kappa shape index (κ1) is 20.8. The third-order valence-electron chi connectivity index (χ3n) is 5.11. The van der Waals surface area contributed by atoms with Gasteiger partial charge in [0, 0.05) is 18.5 Å².